The Hall–Kier alpha value is -2.40. The Labute approximate surface area is 125 Å². The van der Waals surface area contributed by atoms with Crippen LogP contribution in [0.2, 0.25) is 5.02 Å². The minimum absolute atomic E-state index is 0.0556. The van der Waals surface area contributed by atoms with E-state index in [0.29, 0.717) is 11.5 Å². The lowest BCUT2D eigenvalue weighted by molar-refractivity contribution is 0.415. The smallest absolute Gasteiger partial charge is 0.141 e. The molecule has 0 spiro atoms. The van der Waals surface area contributed by atoms with Crippen molar-refractivity contribution in [1.29, 1.82) is 0 Å². The highest BCUT2D eigenvalue weighted by Crippen LogP contribution is 2.27. The van der Waals surface area contributed by atoms with Gasteiger partial charge >= 0.3 is 0 Å². The fraction of sp³-hybridized carbons (Fsp3) is 0.0667. The van der Waals surface area contributed by atoms with Crippen LogP contribution in [0, 0.1) is 5.82 Å². The van der Waals surface area contributed by atoms with E-state index in [1.807, 2.05) is 18.2 Å². The minimum Gasteiger partial charge on any atom is -0.497 e. The molecule has 0 radical (unpaired) electrons. The zero-order valence-corrected chi connectivity index (χ0v) is 11.9. The first-order valence-electron chi connectivity index (χ1n) is 6.18. The largest absolute Gasteiger partial charge is 0.497 e. The van der Waals surface area contributed by atoms with Crippen molar-refractivity contribution >= 4 is 34.0 Å². The van der Waals surface area contributed by atoms with E-state index < -0.39 is 5.82 Å². The second-order valence-corrected chi connectivity index (χ2v) is 4.77. The Morgan fingerprint density at radius 3 is 2.76 bits per heavy atom. The lowest BCUT2D eigenvalue weighted by Gasteiger charge is -2.09. The van der Waals surface area contributed by atoms with Gasteiger partial charge in [0.25, 0.3) is 0 Å². The van der Waals surface area contributed by atoms with Crippen LogP contribution < -0.4 is 10.1 Å². The first kappa shape index (κ1) is 13.6. The number of hydrogen-bond acceptors (Lipinski definition) is 4. The van der Waals surface area contributed by atoms with Crippen LogP contribution in [-0.4, -0.2) is 17.1 Å². The molecule has 3 rings (SSSR count). The van der Waals surface area contributed by atoms with Gasteiger partial charge in [-0.3, -0.25) is 0 Å². The molecule has 0 unspecified atom stereocenters. The molecule has 1 N–H and O–H groups in total. The van der Waals surface area contributed by atoms with Crippen molar-refractivity contribution in [3.63, 3.8) is 0 Å². The van der Waals surface area contributed by atoms with Crippen LogP contribution in [0.3, 0.4) is 0 Å². The average molecular weight is 304 g/mol. The van der Waals surface area contributed by atoms with E-state index >= 15 is 0 Å². The van der Waals surface area contributed by atoms with E-state index in [4.69, 9.17) is 16.3 Å². The predicted octanol–water partition coefficient (Wildman–Crippen LogP) is 4.17. The van der Waals surface area contributed by atoms with Gasteiger partial charge in [-0.1, -0.05) is 11.6 Å². The molecular weight excluding hydrogens is 293 g/mol. The molecule has 0 bridgehead atoms. The summed E-state index contributed by atoms with van der Waals surface area (Å²) in [7, 11) is 1.60. The number of nitrogens with zero attached hydrogens (tertiary/aromatic N) is 2. The van der Waals surface area contributed by atoms with Gasteiger partial charge in [0, 0.05) is 17.1 Å². The molecule has 1 aromatic heterocycles. The number of anilines is 2. The normalized spacial score (nSPS) is 10.6. The molecule has 6 heteroatoms. The Morgan fingerprint density at radius 1 is 1.14 bits per heavy atom. The Bertz CT molecular complexity index is 810. The molecule has 0 aliphatic carbocycles. The van der Waals surface area contributed by atoms with Crippen LogP contribution in [0.25, 0.3) is 10.9 Å². The Morgan fingerprint density at radius 2 is 2.00 bits per heavy atom. The van der Waals surface area contributed by atoms with Gasteiger partial charge in [-0.2, -0.15) is 0 Å². The van der Waals surface area contributed by atoms with Crippen LogP contribution in [0.1, 0.15) is 0 Å². The molecule has 0 saturated carbocycles. The maximum atomic E-state index is 13.2. The van der Waals surface area contributed by atoms with Gasteiger partial charge in [-0.05, 0) is 30.3 Å². The molecule has 4 nitrogen and oxygen atoms in total. The summed E-state index contributed by atoms with van der Waals surface area (Å²) in [6, 6.07) is 9.92. The van der Waals surface area contributed by atoms with E-state index in [2.05, 4.69) is 15.3 Å². The molecule has 106 valence electrons. The Balaban J connectivity index is 2.02. The van der Waals surface area contributed by atoms with Crippen molar-refractivity contribution in [1.82, 2.24) is 9.97 Å². The molecular formula is C15H11ClFN3O. The van der Waals surface area contributed by atoms with Crippen molar-refractivity contribution in [2.45, 2.75) is 0 Å². The maximum Gasteiger partial charge on any atom is 0.141 e. The number of nitrogens with one attached hydrogen (secondary N) is 1. The summed E-state index contributed by atoms with van der Waals surface area (Å²) in [5, 5.41) is 4.00. The summed E-state index contributed by atoms with van der Waals surface area (Å²) in [6.45, 7) is 0. The van der Waals surface area contributed by atoms with Gasteiger partial charge in [-0.25, -0.2) is 14.4 Å². The second-order valence-electron chi connectivity index (χ2n) is 4.36. The second kappa shape index (κ2) is 5.54. The van der Waals surface area contributed by atoms with E-state index in [-0.39, 0.29) is 5.02 Å². The summed E-state index contributed by atoms with van der Waals surface area (Å²) in [6.07, 6.45) is 1.45. The number of fused-ring (bicyclic) bond motifs is 1. The zero-order chi connectivity index (χ0) is 14.8. The van der Waals surface area contributed by atoms with Gasteiger partial charge in [0.1, 0.15) is 23.7 Å². The molecule has 2 aromatic carbocycles. The average Bonchev–Trinajstić information content (AvgIpc) is 2.50. The molecule has 0 amide bonds. The minimum atomic E-state index is -0.459. The summed E-state index contributed by atoms with van der Waals surface area (Å²) >= 11 is 5.77. The molecule has 3 aromatic rings. The molecule has 0 atom stereocenters. The summed E-state index contributed by atoms with van der Waals surface area (Å²) in [5.74, 6) is 0.877. The quantitative estimate of drug-likeness (QED) is 0.788. The molecule has 0 aliphatic rings. The van der Waals surface area contributed by atoms with E-state index in [0.717, 1.165) is 16.7 Å². The summed E-state index contributed by atoms with van der Waals surface area (Å²) < 4.78 is 18.3. The molecule has 0 fully saturated rings. The van der Waals surface area contributed by atoms with Gasteiger partial charge in [0.15, 0.2) is 0 Å². The summed E-state index contributed by atoms with van der Waals surface area (Å²) in [4.78, 5) is 8.42. The van der Waals surface area contributed by atoms with Gasteiger partial charge in [-0.15, -0.1) is 0 Å². The molecule has 0 saturated heterocycles. The highest BCUT2D eigenvalue weighted by Gasteiger charge is 2.07. The number of aromatic nitrogens is 2. The highest BCUT2D eigenvalue weighted by atomic mass is 35.5. The predicted molar refractivity (Wildman–Crippen MR) is 80.8 cm³/mol. The SMILES string of the molecule is COc1ccc2c(Nc3ccc(F)c(Cl)c3)ncnc2c1. The molecule has 1 heterocycles. The summed E-state index contributed by atoms with van der Waals surface area (Å²) in [5.41, 5.74) is 1.40. The monoisotopic (exact) mass is 303 g/mol. The lowest BCUT2D eigenvalue weighted by Crippen LogP contribution is -1.96. The van der Waals surface area contributed by atoms with Gasteiger partial charge in [0.2, 0.25) is 0 Å². The number of benzene rings is 2. The third-order valence-electron chi connectivity index (χ3n) is 3.03. The molecule has 0 aliphatic heterocycles. The van der Waals surface area contributed by atoms with Gasteiger partial charge in [0.05, 0.1) is 17.6 Å². The number of rotatable bonds is 3. The first-order chi connectivity index (χ1) is 10.2. The van der Waals surface area contributed by atoms with Crippen LogP contribution in [-0.2, 0) is 0 Å². The first-order valence-corrected chi connectivity index (χ1v) is 6.56. The molecule has 21 heavy (non-hydrogen) atoms. The Kier molecular flexibility index (Phi) is 3.58. The van der Waals surface area contributed by atoms with Crippen molar-refractivity contribution in [3.05, 3.63) is 53.6 Å². The van der Waals surface area contributed by atoms with Crippen LogP contribution in [0.4, 0.5) is 15.9 Å². The lowest BCUT2D eigenvalue weighted by atomic mass is 10.2. The third-order valence-corrected chi connectivity index (χ3v) is 3.32. The van der Waals surface area contributed by atoms with E-state index in [1.165, 1.54) is 18.5 Å². The highest BCUT2D eigenvalue weighted by molar-refractivity contribution is 6.31. The maximum absolute atomic E-state index is 13.2. The number of methoxy groups -OCH3 is 1. The topological polar surface area (TPSA) is 47.0 Å². The van der Waals surface area contributed by atoms with Gasteiger partial charge < -0.3 is 10.1 Å². The fourth-order valence-electron chi connectivity index (χ4n) is 1.97. The van der Waals surface area contributed by atoms with Crippen LogP contribution in [0.15, 0.2) is 42.7 Å². The van der Waals surface area contributed by atoms with Crippen molar-refractivity contribution in [2.75, 3.05) is 12.4 Å². The third kappa shape index (κ3) is 2.73. The van der Waals surface area contributed by atoms with Crippen LogP contribution >= 0.6 is 11.6 Å². The number of hydrogen-bond donors (Lipinski definition) is 1. The standard InChI is InChI=1S/C15H11ClFN3O/c1-21-10-3-4-11-14(7-10)18-8-19-15(11)20-9-2-5-13(17)12(16)6-9/h2-8H,1H3,(H,18,19,20). The van der Waals surface area contributed by atoms with E-state index in [1.54, 1.807) is 13.2 Å². The van der Waals surface area contributed by atoms with Crippen molar-refractivity contribution in [2.24, 2.45) is 0 Å². The van der Waals surface area contributed by atoms with Crippen molar-refractivity contribution < 1.29 is 9.13 Å². The number of halogens is 2. The van der Waals surface area contributed by atoms with Crippen LogP contribution in [0.5, 0.6) is 5.75 Å². The fourth-order valence-corrected chi connectivity index (χ4v) is 2.15. The van der Waals surface area contributed by atoms with E-state index in [9.17, 15) is 4.39 Å². The van der Waals surface area contributed by atoms with Crippen molar-refractivity contribution in [3.8, 4) is 5.75 Å². The zero-order valence-electron chi connectivity index (χ0n) is 11.1. The number of ether oxygens (including phenoxy) is 1.